The molecule has 1 amide bonds. The Kier molecular flexibility index (Phi) is 5.16. The predicted molar refractivity (Wildman–Crippen MR) is 101 cm³/mol. The number of hydrogen-bond acceptors (Lipinski definition) is 4. The molecular weight excluding hydrogens is 359 g/mol. The van der Waals surface area contributed by atoms with E-state index < -0.39 is 5.91 Å². The summed E-state index contributed by atoms with van der Waals surface area (Å²) in [7, 11) is 0. The lowest BCUT2D eigenvalue weighted by Gasteiger charge is -2.08. The van der Waals surface area contributed by atoms with Gasteiger partial charge in [-0.2, -0.15) is 0 Å². The molecule has 0 radical (unpaired) electrons. The second-order valence-electron chi connectivity index (χ2n) is 5.39. The highest BCUT2D eigenvalue weighted by Gasteiger charge is 2.10. The molecule has 0 aliphatic rings. The Morgan fingerprint density at radius 2 is 1.72 bits per heavy atom. The summed E-state index contributed by atoms with van der Waals surface area (Å²) >= 11 is 11.8. The van der Waals surface area contributed by atoms with Gasteiger partial charge in [-0.3, -0.25) is 4.79 Å². The molecule has 1 heterocycles. The Hall–Kier alpha value is -2.63. The van der Waals surface area contributed by atoms with Crippen molar-refractivity contribution in [2.75, 3.05) is 10.6 Å². The van der Waals surface area contributed by atoms with Crippen molar-refractivity contribution >= 4 is 46.3 Å². The number of aromatic nitrogens is 2. The molecule has 0 aliphatic heterocycles. The number of nitrogens with zero attached hydrogens (tertiary/aromatic N) is 2. The molecule has 2 aromatic carbocycles. The van der Waals surface area contributed by atoms with Crippen molar-refractivity contribution in [1.29, 1.82) is 0 Å². The smallest absolute Gasteiger partial charge is 0.275 e. The Morgan fingerprint density at radius 3 is 2.36 bits per heavy atom. The van der Waals surface area contributed by atoms with Gasteiger partial charge in [0.05, 0.1) is 12.4 Å². The Balaban J connectivity index is 1.70. The van der Waals surface area contributed by atoms with Crippen molar-refractivity contribution < 1.29 is 4.79 Å². The number of anilines is 3. The summed E-state index contributed by atoms with van der Waals surface area (Å²) in [5, 5.41) is 6.69. The van der Waals surface area contributed by atoms with Gasteiger partial charge in [-0.25, -0.2) is 9.97 Å². The van der Waals surface area contributed by atoms with Crippen LogP contribution in [0.1, 0.15) is 16.1 Å². The SMILES string of the molecule is Cc1cccc(Nc2cnc(C(=O)Nc3cc(Cl)cc(Cl)c3)cn2)c1. The number of carbonyl (C=O) groups is 1. The van der Waals surface area contributed by atoms with E-state index in [1.54, 1.807) is 18.2 Å². The zero-order chi connectivity index (χ0) is 17.8. The quantitative estimate of drug-likeness (QED) is 0.669. The summed E-state index contributed by atoms with van der Waals surface area (Å²) in [4.78, 5) is 20.6. The van der Waals surface area contributed by atoms with Gasteiger partial charge in [0, 0.05) is 21.4 Å². The number of halogens is 2. The molecule has 3 aromatic rings. The molecule has 5 nitrogen and oxygen atoms in total. The van der Waals surface area contributed by atoms with E-state index in [4.69, 9.17) is 23.2 Å². The molecule has 0 bridgehead atoms. The molecule has 1 aromatic heterocycles. The van der Waals surface area contributed by atoms with Crippen LogP contribution in [0.5, 0.6) is 0 Å². The minimum atomic E-state index is -0.395. The number of nitrogens with one attached hydrogen (secondary N) is 2. The van der Waals surface area contributed by atoms with Gasteiger partial charge in [-0.1, -0.05) is 35.3 Å². The molecule has 3 rings (SSSR count). The van der Waals surface area contributed by atoms with Gasteiger partial charge in [0.25, 0.3) is 5.91 Å². The van der Waals surface area contributed by atoms with E-state index in [0.29, 0.717) is 21.6 Å². The van der Waals surface area contributed by atoms with Crippen molar-refractivity contribution in [3.63, 3.8) is 0 Å². The molecule has 0 unspecified atom stereocenters. The van der Waals surface area contributed by atoms with Crippen LogP contribution in [0.4, 0.5) is 17.2 Å². The fraction of sp³-hybridized carbons (Fsp3) is 0.0556. The zero-order valence-corrected chi connectivity index (χ0v) is 14.8. The molecule has 7 heteroatoms. The van der Waals surface area contributed by atoms with E-state index in [1.165, 1.54) is 12.4 Å². The minimum Gasteiger partial charge on any atom is -0.339 e. The first kappa shape index (κ1) is 17.2. The van der Waals surface area contributed by atoms with Gasteiger partial charge >= 0.3 is 0 Å². The maximum Gasteiger partial charge on any atom is 0.275 e. The summed E-state index contributed by atoms with van der Waals surface area (Å²) in [5.74, 6) is 0.154. The first-order valence-corrected chi connectivity index (χ1v) is 8.18. The van der Waals surface area contributed by atoms with Gasteiger partial charge in [0.15, 0.2) is 0 Å². The second-order valence-corrected chi connectivity index (χ2v) is 6.27. The monoisotopic (exact) mass is 372 g/mol. The van der Waals surface area contributed by atoms with Crippen molar-refractivity contribution in [2.24, 2.45) is 0 Å². The fourth-order valence-corrected chi connectivity index (χ4v) is 2.73. The minimum absolute atomic E-state index is 0.186. The van der Waals surface area contributed by atoms with E-state index in [9.17, 15) is 4.79 Å². The van der Waals surface area contributed by atoms with Crippen LogP contribution in [0.2, 0.25) is 10.0 Å². The topological polar surface area (TPSA) is 66.9 Å². The highest BCUT2D eigenvalue weighted by molar-refractivity contribution is 6.35. The largest absolute Gasteiger partial charge is 0.339 e. The Morgan fingerprint density at radius 1 is 0.960 bits per heavy atom. The first-order valence-electron chi connectivity index (χ1n) is 7.43. The van der Waals surface area contributed by atoms with E-state index in [2.05, 4.69) is 20.6 Å². The van der Waals surface area contributed by atoms with E-state index >= 15 is 0 Å². The van der Waals surface area contributed by atoms with Crippen LogP contribution in [-0.2, 0) is 0 Å². The molecule has 0 saturated heterocycles. The lowest BCUT2D eigenvalue weighted by Crippen LogP contribution is -2.14. The summed E-state index contributed by atoms with van der Waals surface area (Å²) in [5.41, 5.74) is 2.71. The maximum absolute atomic E-state index is 12.2. The van der Waals surface area contributed by atoms with E-state index in [0.717, 1.165) is 11.3 Å². The molecule has 2 N–H and O–H groups in total. The van der Waals surface area contributed by atoms with Gasteiger partial charge in [-0.15, -0.1) is 0 Å². The average molecular weight is 373 g/mol. The normalized spacial score (nSPS) is 10.4. The molecular formula is C18H14Cl2N4O. The molecule has 126 valence electrons. The lowest BCUT2D eigenvalue weighted by atomic mass is 10.2. The zero-order valence-electron chi connectivity index (χ0n) is 13.3. The van der Waals surface area contributed by atoms with Gasteiger partial charge in [0.1, 0.15) is 11.5 Å². The van der Waals surface area contributed by atoms with Crippen LogP contribution in [-0.4, -0.2) is 15.9 Å². The molecule has 0 spiro atoms. The average Bonchev–Trinajstić information content (AvgIpc) is 2.54. The third-order valence-electron chi connectivity index (χ3n) is 3.30. The standard InChI is InChI=1S/C18H14Cl2N4O/c1-11-3-2-4-14(5-11)23-17-10-21-16(9-22-17)18(25)24-15-7-12(19)6-13(20)8-15/h2-10H,1H3,(H,22,23)(H,24,25). The van der Waals surface area contributed by atoms with Crippen LogP contribution in [0.15, 0.2) is 54.9 Å². The van der Waals surface area contributed by atoms with Crippen molar-refractivity contribution in [2.45, 2.75) is 6.92 Å². The predicted octanol–water partition coefficient (Wildman–Crippen LogP) is 5.09. The van der Waals surface area contributed by atoms with Gasteiger partial charge in [0.2, 0.25) is 0 Å². The van der Waals surface area contributed by atoms with Crippen molar-refractivity contribution in [1.82, 2.24) is 9.97 Å². The van der Waals surface area contributed by atoms with Crippen LogP contribution in [0.25, 0.3) is 0 Å². The van der Waals surface area contributed by atoms with Gasteiger partial charge in [-0.05, 0) is 42.8 Å². The van der Waals surface area contributed by atoms with E-state index in [-0.39, 0.29) is 5.69 Å². The Labute approximate surface area is 155 Å². The van der Waals surface area contributed by atoms with Crippen molar-refractivity contribution in [3.8, 4) is 0 Å². The lowest BCUT2D eigenvalue weighted by molar-refractivity contribution is 0.102. The number of aryl methyl sites for hydroxylation is 1. The number of hydrogen-bond donors (Lipinski definition) is 2. The molecule has 0 aliphatic carbocycles. The van der Waals surface area contributed by atoms with Crippen LogP contribution < -0.4 is 10.6 Å². The summed E-state index contributed by atoms with van der Waals surface area (Å²) in [6.45, 7) is 2.01. The summed E-state index contributed by atoms with van der Waals surface area (Å²) in [6, 6.07) is 12.7. The molecule has 25 heavy (non-hydrogen) atoms. The number of rotatable bonds is 4. The van der Waals surface area contributed by atoms with Crippen LogP contribution >= 0.6 is 23.2 Å². The molecule has 0 saturated carbocycles. The van der Waals surface area contributed by atoms with Crippen molar-refractivity contribution in [3.05, 3.63) is 76.2 Å². The number of amides is 1. The van der Waals surface area contributed by atoms with Gasteiger partial charge < -0.3 is 10.6 Å². The number of carbonyl (C=O) groups excluding carboxylic acids is 1. The first-order chi connectivity index (χ1) is 12.0. The molecule has 0 atom stereocenters. The fourth-order valence-electron chi connectivity index (χ4n) is 2.20. The third-order valence-corrected chi connectivity index (χ3v) is 3.73. The van der Waals surface area contributed by atoms with E-state index in [1.807, 2.05) is 31.2 Å². The molecule has 0 fully saturated rings. The second kappa shape index (κ2) is 7.51. The summed E-state index contributed by atoms with van der Waals surface area (Å²) < 4.78 is 0. The number of benzene rings is 2. The summed E-state index contributed by atoms with van der Waals surface area (Å²) in [6.07, 6.45) is 2.90. The highest BCUT2D eigenvalue weighted by Crippen LogP contribution is 2.23. The van der Waals surface area contributed by atoms with Crippen LogP contribution in [0, 0.1) is 6.92 Å². The third kappa shape index (κ3) is 4.68. The highest BCUT2D eigenvalue weighted by atomic mass is 35.5. The maximum atomic E-state index is 12.2. The van der Waals surface area contributed by atoms with Crippen LogP contribution in [0.3, 0.4) is 0 Å². The Bertz CT molecular complexity index is 893.